The summed E-state index contributed by atoms with van der Waals surface area (Å²) in [7, 11) is 0. The molecule has 2 saturated carbocycles. The van der Waals surface area contributed by atoms with E-state index in [1.165, 1.54) is 49.7 Å². The highest BCUT2D eigenvalue weighted by Gasteiger charge is 2.29. The van der Waals surface area contributed by atoms with Crippen LogP contribution >= 0.6 is 0 Å². The molecule has 1 aliphatic heterocycles. The summed E-state index contributed by atoms with van der Waals surface area (Å²) in [5, 5.41) is 13.5. The molecule has 0 amide bonds. The van der Waals surface area contributed by atoms with Crippen LogP contribution < -0.4 is 10.2 Å². The quantitative estimate of drug-likeness (QED) is 0.811. The number of nitrogens with zero attached hydrogens (tertiary/aromatic N) is 3. The fraction of sp³-hybridized carbons (Fsp3) is 0.565. The monoisotopic (exact) mass is 378 g/mol. The van der Waals surface area contributed by atoms with E-state index in [2.05, 4.69) is 34.5 Å². The second-order valence-electron chi connectivity index (χ2n) is 8.75. The van der Waals surface area contributed by atoms with Crippen LogP contribution in [-0.4, -0.2) is 27.7 Å². The smallest absolute Gasteiger partial charge is 0.136 e. The Morgan fingerprint density at radius 1 is 1.07 bits per heavy atom. The average molecular weight is 379 g/mol. The minimum atomic E-state index is -0.407. The largest absolute Gasteiger partial charge is 0.389 e. The van der Waals surface area contributed by atoms with Gasteiger partial charge in [0.1, 0.15) is 17.5 Å². The van der Waals surface area contributed by atoms with E-state index in [4.69, 9.17) is 9.97 Å². The summed E-state index contributed by atoms with van der Waals surface area (Å²) in [5.41, 5.74) is 3.70. The molecule has 2 N–H and O–H groups in total. The van der Waals surface area contributed by atoms with Crippen LogP contribution in [0.3, 0.4) is 0 Å². The Bertz CT molecular complexity index is 856. The van der Waals surface area contributed by atoms with E-state index in [0.29, 0.717) is 12.0 Å². The molecular formula is C23H30N4O. The van der Waals surface area contributed by atoms with Crippen LogP contribution in [0.4, 0.5) is 11.6 Å². The molecule has 0 unspecified atom stereocenters. The molecule has 5 nitrogen and oxygen atoms in total. The summed E-state index contributed by atoms with van der Waals surface area (Å²) < 4.78 is 0. The summed E-state index contributed by atoms with van der Waals surface area (Å²) in [4.78, 5) is 12.2. The van der Waals surface area contributed by atoms with Gasteiger partial charge in [-0.2, -0.15) is 0 Å². The number of hydrogen-bond donors (Lipinski definition) is 2. The molecule has 5 heteroatoms. The highest BCUT2D eigenvalue weighted by Crippen LogP contribution is 2.39. The van der Waals surface area contributed by atoms with Gasteiger partial charge in [0.25, 0.3) is 0 Å². The highest BCUT2D eigenvalue weighted by atomic mass is 16.3. The summed E-state index contributed by atoms with van der Waals surface area (Å²) in [6.45, 7) is 3.66. The van der Waals surface area contributed by atoms with Gasteiger partial charge in [0, 0.05) is 31.1 Å². The zero-order chi connectivity index (χ0) is 19.1. The Balaban J connectivity index is 1.40. The lowest BCUT2D eigenvalue weighted by Crippen LogP contribution is -2.31. The van der Waals surface area contributed by atoms with E-state index < -0.39 is 6.10 Å². The molecule has 0 radical (unpaired) electrons. The van der Waals surface area contributed by atoms with E-state index in [-0.39, 0.29) is 0 Å². The number of aliphatic hydroxyl groups excluding tert-OH is 1. The van der Waals surface area contributed by atoms with Crippen molar-refractivity contribution < 1.29 is 5.11 Å². The topological polar surface area (TPSA) is 61.3 Å². The van der Waals surface area contributed by atoms with Gasteiger partial charge in [0.2, 0.25) is 0 Å². The number of aliphatic hydroxyl groups is 1. The number of fused-ring (bicyclic) bond motifs is 1. The maximum absolute atomic E-state index is 9.86. The van der Waals surface area contributed by atoms with Gasteiger partial charge < -0.3 is 15.3 Å². The Labute approximate surface area is 167 Å². The molecule has 2 aromatic rings. The molecule has 1 atom stereocenters. The molecule has 1 aromatic carbocycles. The molecule has 0 bridgehead atoms. The van der Waals surface area contributed by atoms with Crippen molar-refractivity contribution in [2.75, 3.05) is 16.8 Å². The van der Waals surface area contributed by atoms with Gasteiger partial charge in [-0.25, -0.2) is 9.97 Å². The van der Waals surface area contributed by atoms with Crippen LogP contribution in [0.25, 0.3) is 0 Å². The average Bonchev–Trinajstić information content (AvgIpc) is 3.44. The number of rotatable bonds is 5. The third kappa shape index (κ3) is 3.72. The third-order valence-electron chi connectivity index (χ3n) is 6.43. The second-order valence-corrected chi connectivity index (χ2v) is 8.75. The van der Waals surface area contributed by atoms with E-state index in [1.807, 2.05) is 6.92 Å². The maximum Gasteiger partial charge on any atom is 0.136 e. The SMILES string of the molecule is C[C@H](O)c1ccc2c(c1)CCN(c1cc(NC3CCCC3)nc(C3CC3)n1)C2. The Morgan fingerprint density at radius 3 is 2.64 bits per heavy atom. The zero-order valence-corrected chi connectivity index (χ0v) is 16.7. The predicted molar refractivity (Wildman–Crippen MR) is 112 cm³/mol. The van der Waals surface area contributed by atoms with Crippen LogP contribution in [0.15, 0.2) is 24.3 Å². The van der Waals surface area contributed by atoms with Crippen LogP contribution in [0, 0.1) is 0 Å². The van der Waals surface area contributed by atoms with Crippen molar-refractivity contribution in [2.45, 2.75) is 76.5 Å². The van der Waals surface area contributed by atoms with E-state index in [9.17, 15) is 5.11 Å². The van der Waals surface area contributed by atoms with Crippen molar-refractivity contribution in [1.29, 1.82) is 0 Å². The second kappa shape index (κ2) is 7.36. The highest BCUT2D eigenvalue weighted by molar-refractivity contribution is 5.53. The van der Waals surface area contributed by atoms with Crippen molar-refractivity contribution in [3.63, 3.8) is 0 Å². The summed E-state index contributed by atoms with van der Waals surface area (Å²) in [6.07, 6.45) is 8.17. The molecule has 1 aromatic heterocycles. The van der Waals surface area contributed by atoms with Crippen LogP contribution in [0.2, 0.25) is 0 Å². The van der Waals surface area contributed by atoms with E-state index in [1.54, 1.807) is 0 Å². The first-order valence-electron chi connectivity index (χ1n) is 10.9. The van der Waals surface area contributed by atoms with Crippen molar-refractivity contribution in [2.24, 2.45) is 0 Å². The number of aromatic nitrogens is 2. The van der Waals surface area contributed by atoms with E-state index in [0.717, 1.165) is 42.5 Å². The molecule has 2 fully saturated rings. The predicted octanol–water partition coefficient (Wildman–Crippen LogP) is 4.32. The molecule has 28 heavy (non-hydrogen) atoms. The fourth-order valence-electron chi connectivity index (χ4n) is 4.52. The number of nitrogens with one attached hydrogen (secondary N) is 1. The van der Waals surface area contributed by atoms with Gasteiger partial charge in [-0.1, -0.05) is 31.0 Å². The van der Waals surface area contributed by atoms with Crippen molar-refractivity contribution in [3.8, 4) is 0 Å². The Kier molecular flexibility index (Phi) is 4.71. The first kappa shape index (κ1) is 17.9. The third-order valence-corrected chi connectivity index (χ3v) is 6.43. The summed E-state index contributed by atoms with van der Waals surface area (Å²) in [5.74, 6) is 3.64. The van der Waals surface area contributed by atoms with Crippen molar-refractivity contribution >= 4 is 11.6 Å². The van der Waals surface area contributed by atoms with Crippen LogP contribution in [-0.2, 0) is 13.0 Å². The summed E-state index contributed by atoms with van der Waals surface area (Å²) in [6, 6.07) is 9.11. The van der Waals surface area contributed by atoms with Crippen LogP contribution in [0.5, 0.6) is 0 Å². The summed E-state index contributed by atoms with van der Waals surface area (Å²) >= 11 is 0. The molecule has 2 aliphatic carbocycles. The molecule has 148 valence electrons. The van der Waals surface area contributed by atoms with Gasteiger partial charge in [0.05, 0.1) is 6.10 Å². The molecule has 2 heterocycles. The first-order valence-corrected chi connectivity index (χ1v) is 10.9. The first-order chi connectivity index (χ1) is 13.7. The fourth-order valence-corrected chi connectivity index (χ4v) is 4.52. The molecule has 5 rings (SSSR count). The molecule has 0 spiro atoms. The zero-order valence-electron chi connectivity index (χ0n) is 16.7. The maximum atomic E-state index is 9.86. The van der Waals surface area contributed by atoms with E-state index >= 15 is 0 Å². The van der Waals surface area contributed by atoms with Gasteiger partial charge in [0.15, 0.2) is 0 Å². The molecular weight excluding hydrogens is 348 g/mol. The number of hydrogen-bond acceptors (Lipinski definition) is 5. The van der Waals surface area contributed by atoms with Crippen molar-refractivity contribution in [3.05, 3.63) is 46.8 Å². The van der Waals surface area contributed by atoms with Gasteiger partial charge >= 0.3 is 0 Å². The minimum Gasteiger partial charge on any atom is -0.389 e. The minimum absolute atomic E-state index is 0.407. The normalized spacial score (nSPS) is 20.9. The van der Waals surface area contributed by atoms with Gasteiger partial charge in [-0.05, 0) is 55.7 Å². The lowest BCUT2D eigenvalue weighted by Gasteiger charge is -2.31. The lowest BCUT2D eigenvalue weighted by molar-refractivity contribution is 0.199. The van der Waals surface area contributed by atoms with Crippen LogP contribution in [0.1, 0.15) is 80.0 Å². The number of anilines is 2. The Morgan fingerprint density at radius 2 is 1.89 bits per heavy atom. The standard InChI is InChI=1S/C23H30N4O/c1-15(28)17-8-9-19-14-27(11-10-18(19)12-17)22-13-21(24-20-4-2-3-5-20)25-23(26-22)16-6-7-16/h8-9,12-13,15-16,20,28H,2-7,10-11,14H2,1H3,(H,24,25,26)/t15-/m0/s1. The van der Waals surface area contributed by atoms with Crippen molar-refractivity contribution in [1.82, 2.24) is 9.97 Å². The van der Waals surface area contributed by atoms with Gasteiger partial charge in [-0.15, -0.1) is 0 Å². The molecule has 0 saturated heterocycles. The molecule has 3 aliphatic rings. The lowest BCUT2D eigenvalue weighted by atomic mass is 9.96. The van der Waals surface area contributed by atoms with Gasteiger partial charge in [-0.3, -0.25) is 0 Å². The number of benzene rings is 1. The Hall–Kier alpha value is -2.14.